The maximum atomic E-state index is 13.1. The Bertz CT molecular complexity index is 734. The number of H-pyrrole nitrogens is 2. The molecule has 1 aliphatic heterocycles. The van der Waals surface area contributed by atoms with Gasteiger partial charge in [-0.15, -0.1) is 37.2 Å². The lowest BCUT2D eigenvalue weighted by atomic mass is 9.81. The molecule has 12 heteroatoms. The molecular weight excluding hydrogens is 441 g/mol. The van der Waals surface area contributed by atoms with E-state index in [0.717, 1.165) is 17.9 Å². The second kappa shape index (κ2) is 12.0. The van der Waals surface area contributed by atoms with Gasteiger partial charge in [0.2, 0.25) is 11.8 Å². The van der Waals surface area contributed by atoms with Crippen LogP contribution in [0.4, 0.5) is 0 Å². The Morgan fingerprint density at radius 1 is 1.00 bits per heavy atom. The lowest BCUT2D eigenvalue weighted by Gasteiger charge is -2.32. The summed E-state index contributed by atoms with van der Waals surface area (Å²) in [4.78, 5) is 29.2. The predicted octanol–water partition coefficient (Wildman–Crippen LogP) is 1.38. The summed E-state index contributed by atoms with van der Waals surface area (Å²) >= 11 is 0. The molecular formula is C17H28Cl3N7O2. The monoisotopic (exact) mass is 467 g/mol. The summed E-state index contributed by atoms with van der Waals surface area (Å²) in [5.74, 6) is -0.0630. The smallest absolute Gasteiger partial charge is 0.230 e. The molecule has 0 radical (unpaired) electrons. The fourth-order valence-electron chi connectivity index (χ4n) is 3.40. The Morgan fingerprint density at radius 2 is 1.55 bits per heavy atom. The SMILES string of the molecule is CN(Cc1ccn[nH]1)C(=O)CC1(C(=O)N(C)Cc2ccn[nH]2)CCNC1.Cl.Cl.Cl. The van der Waals surface area contributed by atoms with Crippen molar-refractivity contribution < 1.29 is 9.59 Å². The van der Waals surface area contributed by atoms with Crippen molar-refractivity contribution in [2.45, 2.75) is 25.9 Å². The lowest BCUT2D eigenvalue weighted by molar-refractivity contribution is -0.146. The first-order valence-electron chi connectivity index (χ1n) is 8.67. The Kier molecular flexibility index (Phi) is 11.3. The van der Waals surface area contributed by atoms with Gasteiger partial charge in [-0.05, 0) is 25.1 Å². The molecule has 2 amide bonds. The zero-order valence-electron chi connectivity index (χ0n) is 16.4. The molecule has 9 nitrogen and oxygen atoms in total. The van der Waals surface area contributed by atoms with Crippen molar-refractivity contribution in [1.29, 1.82) is 0 Å². The third-order valence-corrected chi connectivity index (χ3v) is 4.89. The first kappa shape index (κ1) is 27.2. The highest BCUT2D eigenvalue weighted by molar-refractivity contribution is 5.89. The van der Waals surface area contributed by atoms with Crippen molar-refractivity contribution >= 4 is 49.0 Å². The Hall–Kier alpha value is -1.81. The second-order valence-electron chi connectivity index (χ2n) is 6.96. The molecule has 3 heterocycles. The molecule has 0 saturated carbocycles. The number of halogens is 3. The van der Waals surface area contributed by atoms with Crippen LogP contribution in [0.5, 0.6) is 0 Å². The van der Waals surface area contributed by atoms with E-state index in [4.69, 9.17) is 0 Å². The van der Waals surface area contributed by atoms with Crippen molar-refractivity contribution in [2.24, 2.45) is 5.41 Å². The van der Waals surface area contributed by atoms with E-state index >= 15 is 0 Å². The van der Waals surface area contributed by atoms with Crippen molar-refractivity contribution in [3.63, 3.8) is 0 Å². The minimum atomic E-state index is -0.700. The Morgan fingerprint density at radius 3 is 2.00 bits per heavy atom. The van der Waals surface area contributed by atoms with Crippen LogP contribution < -0.4 is 5.32 Å². The molecule has 164 valence electrons. The molecule has 2 aromatic heterocycles. The van der Waals surface area contributed by atoms with Crippen LogP contribution in [0.1, 0.15) is 24.2 Å². The molecule has 3 N–H and O–H groups in total. The van der Waals surface area contributed by atoms with Crippen molar-refractivity contribution in [3.8, 4) is 0 Å². The van der Waals surface area contributed by atoms with Crippen LogP contribution in [-0.4, -0.2) is 69.2 Å². The summed E-state index contributed by atoms with van der Waals surface area (Å²) in [5, 5.41) is 16.8. The van der Waals surface area contributed by atoms with Gasteiger partial charge < -0.3 is 15.1 Å². The molecule has 1 fully saturated rings. The minimum absolute atomic E-state index is 0. The van der Waals surface area contributed by atoms with Gasteiger partial charge in [-0.3, -0.25) is 19.8 Å². The molecule has 1 atom stereocenters. The quantitative estimate of drug-likeness (QED) is 0.569. The van der Waals surface area contributed by atoms with Crippen LogP contribution in [0.2, 0.25) is 0 Å². The summed E-state index contributed by atoms with van der Waals surface area (Å²) in [5.41, 5.74) is 1.03. The van der Waals surface area contributed by atoms with Crippen molar-refractivity contribution in [2.75, 3.05) is 27.2 Å². The number of aromatic amines is 2. The van der Waals surface area contributed by atoms with E-state index in [1.165, 1.54) is 0 Å². The first-order chi connectivity index (χ1) is 12.5. The summed E-state index contributed by atoms with van der Waals surface area (Å²) < 4.78 is 0. The predicted molar refractivity (Wildman–Crippen MR) is 116 cm³/mol. The molecule has 1 saturated heterocycles. The number of nitrogens with zero attached hydrogens (tertiary/aromatic N) is 4. The van der Waals surface area contributed by atoms with Crippen LogP contribution in [-0.2, 0) is 22.7 Å². The number of hydrogen-bond donors (Lipinski definition) is 3. The molecule has 1 unspecified atom stereocenters. The van der Waals surface area contributed by atoms with E-state index in [9.17, 15) is 9.59 Å². The van der Waals surface area contributed by atoms with Crippen molar-refractivity contribution in [3.05, 3.63) is 35.9 Å². The first-order valence-corrected chi connectivity index (χ1v) is 8.67. The molecule has 0 aliphatic carbocycles. The van der Waals surface area contributed by atoms with Gasteiger partial charge in [0.15, 0.2) is 0 Å². The number of hydrogen-bond acceptors (Lipinski definition) is 5. The molecule has 0 bridgehead atoms. The Labute approximate surface area is 188 Å². The second-order valence-corrected chi connectivity index (χ2v) is 6.96. The zero-order valence-corrected chi connectivity index (χ0v) is 18.8. The number of rotatable bonds is 7. The minimum Gasteiger partial charge on any atom is -0.340 e. The van der Waals surface area contributed by atoms with E-state index in [0.29, 0.717) is 26.1 Å². The van der Waals surface area contributed by atoms with Crippen LogP contribution in [0.3, 0.4) is 0 Å². The highest BCUT2D eigenvalue weighted by Gasteiger charge is 2.45. The summed E-state index contributed by atoms with van der Waals surface area (Å²) in [6, 6.07) is 3.67. The van der Waals surface area contributed by atoms with Gasteiger partial charge in [0.25, 0.3) is 0 Å². The van der Waals surface area contributed by atoms with Gasteiger partial charge in [-0.1, -0.05) is 0 Å². The molecule has 0 aromatic carbocycles. The van der Waals surface area contributed by atoms with Crippen LogP contribution in [0.25, 0.3) is 0 Å². The normalized spacial score (nSPS) is 17.4. The van der Waals surface area contributed by atoms with Crippen LogP contribution in [0.15, 0.2) is 24.5 Å². The fourth-order valence-corrected chi connectivity index (χ4v) is 3.40. The van der Waals surface area contributed by atoms with E-state index in [-0.39, 0.29) is 55.5 Å². The summed E-state index contributed by atoms with van der Waals surface area (Å²) in [6.45, 7) is 2.14. The molecule has 29 heavy (non-hydrogen) atoms. The average Bonchev–Trinajstić information content (AvgIpc) is 3.37. The van der Waals surface area contributed by atoms with Gasteiger partial charge in [-0.2, -0.15) is 10.2 Å². The molecule has 0 spiro atoms. The molecule has 2 aromatic rings. The van der Waals surface area contributed by atoms with E-state index in [1.807, 2.05) is 12.1 Å². The third-order valence-electron chi connectivity index (χ3n) is 4.89. The molecule has 1 aliphatic rings. The zero-order chi connectivity index (χ0) is 18.6. The topological polar surface area (TPSA) is 110 Å². The highest BCUT2D eigenvalue weighted by atomic mass is 35.5. The van der Waals surface area contributed by atoms with Gasteiger partial charge in [-0.25, -0.2) is 0 Å². The standard InChI is InChI=1S/C17H25N7O2.3ClH/c1-23(10-13-3-6-19-21-13)15(25)9-17(5-8-18-12-17)16(26)24(2)11-14-4-7-20-22-14;;;/h3-4,6-7,18H,5,8-12H2,1-2H3,(H,19,21)(H,20,22);3*1H. The Balaban J connectivity index is 0.00000261. The third kappa shape index (κ3) is 6.60. The maximum Gasteiger partial charge on any atom is 0.230 e. The number of aromatic nitrogens is 4. The maximum absolute atomic E-state index is 13.1. The van der Waals surface area contributed by atoms with E-state index in [2.05, 4.69) is 25.7 Å². The largest absolute Gasteiger partial charge is 0.340 e. The van der Waals surface area contributed by atoms with Gasteiger partial charge in [0.05, 0.1) is 29.9 Å². The van der Waals surface area contributed by atoms with Crippen molar-refractivity contribution in [1.82, 2.24) is 35.5 Å². The highest BCUT2D eigenvalue weighted by Crippen LogP contribution is 2.33. The van der Waals surface area contributed by atoms with Gasteiger partial charge in [0, 0.05) is 39.5 Å². The van der Waals surface area contributed by atoms with E-state index < -0.39 is 5.41 Å². The molecule has 3 rings (SSSR count). The number of nitrogens with one attached hydrogen (secondary N) is 3. The number of carbonyl (C=O) groups excluding carboxylic acids is 2. The summed E-state index contributed by atoms with van der Waals surface area (Å²) in [6.07, 6.45) is 4.16. The average molecular weight is 469 g/mol. The van der Waals surface area contributed by atoms with Crippen LogP contribution >= 0.6 is 37.2 Å². The van der Waals surface area contributed by atoms with Crippen LogP contribution in [0, 0.1) is 5.41 Å². The number of amides is 2. The summed E-state index contributed by atoms with van der Waals surface area (Å²) in [7, 11) is 3.51. The van der Waals surface area contributed by atoms with Gasteiger partial charge >= 0.3 is 0 Å². The fraction of sp³-hybridized carbons (Fsp3) is 0.529. The van der Waals surface area contributed by atoms with E-state index in [1.54, 1.807) is 36.3 Å². The lowest BCUT2D eigenvalue weighted by Crippen LogP contribution is -2.46. The van der Waals surface area contributed by atoms with Gasteiger partial charge in [0.1, 0.15) is 0 Å². The number of carbonyl (C=O) groups is 2.